The average molecular weight is 678 g/mol. The quantitative estimate of drug-likeness (QED) is 0.264. The standard InChI is InChI=1S/C30H34Br2N2O4S/c1-20-5-7-23(8-6-20)19-38-29-21(2)15-24(16-22(29)3)18-33(4)30(35)25-11-13-34(14-12-25)39(36,37)28-17-26(31)9-10-27(28)32/h5-10,15-17,25H,11-14,18-19H2,1-4H3. The van der Waals surface area contributed by atoms with Crippen LogP contribution in [0.25, 0.3) is 0 Å². The molecule has 0 spiro atoms. The Balaban J connectivity index is 1.35. The van der Waals surface area contributed by atoms with Gasteiger partial charge in [-0.05, 0) is 90.0 Å². The van der Waals surface area contributed by atoms with Crippen molar-refractivity contribution in [3.05, 3.63) is 91.4 Å². The second-order valence-corrected chi connectivity index (χ2v) is 14.0. The van der Waals surface area contributed by atoms with Gasteiger partial charge in [0, 0.05) is 41.5 Å². The van der Waals surface area contributed by atoms with Gasteiger partial charge in [-0.3, -0.25) is 4.79 Å². The third-order valence-corrected chi connectivity index (χ3v) is 10.5. The summed E-state index contributed by atoms with van der Waals surface area (Å²) < 4.78 is 35.3. The zero-order chi connectivity index (χ0) is 28.3. The molecular formula is C30H34Br2N2O4S. The van der Waals surface area contributed by atoms with Crippen LogP contribution in [0.2, 0.25) is 0 Å². The Morgan fingerprint density at radius 1 is 0.949 bits per heavy atom. The number of sulfonamides is 1. The van der Waals surface area contributed by atoms with E-state index >= 15 is 0 Å². The number of ether oxygens (including phenoxy) is 1. The maximum Gasteiger partial charge on any atom is 0.244 e. The second-order valence-electron chi connectivity index (χ2n) is 10.3. The highest BCUT2D eigenvalue weighted by Gasteiger charge is 2.34. The van der Waals surface area contributed by atoms with Gasteiger partial charge in [-0.1, -0.05) is 57.9 Å². The topological polar surface area (TPSA) is 66.9 Å². The molecule has 9 heteroatoms. The normalized spacial score (nSPS) is 14.8. The highest BCUT2D eigenvalue weighted by Crippen LogP contribution is 2.32. The SMILES string of the molecule is Cc1ccc(COc2c(C)cc(CN(C)C(=O)C3CCN(S(=O)(=O)c4cc(Br)ccc4Br)CC3)cc2C)cc1. The number of aryl methyl sites for hydroxylation is 3. The molecule has 0 bridgehead atoms. The fourth-order valence-electron chi connectivity index (χ4n) is 5.02. The highest BCUT2D eigenvalue weighted by molar-refractivity contribution is 9.11. The predicted molar refractivity (Wildman–Crippen MR) is 161 cm³/mol. The minimum atomic E-state index is -3.65. The van der Waals surface area contributed by atoms with Crippen LogP contribution in [0.4, 0.5) is 0 Å². The molecule has 208 valence electrons. The molecule has 0 radical (unpaired) electrons. The molecule has 1 fully saturated rings. The summed E-state index contributed by atoms with van der Waals surface area (Å²) in [5.74, 6) is 0.719. The zero-order valence-corrected chi connectivity index (χ0v) is 26.7. The van der Waals surface area contributed by atoms with Gasteiger partial charge in [-0.2, -0.15) is 4.31 Å². The molecule has 4 rings (SSSR count). The molecule has 0 atom stereocenters. The summed E-state index contributed by atoms with van der Waals surface area (Å²) in [5.41, 5.74) is 5.46. The fourth-order valence-corrected chi connectivity index (χ4v) is 7.95. The van der Waals surface area contributed by atoms with Gasteiger partial charge in [-0.25, -0.2) is 8.42 Å². The molecule has 1 saturated heterocycles. The number of hydrogen-bond donors (Lipinski definition) is 0. The first-order valence-electron chi connectivity index (χ1n) is 12.9. The Morgan fingerprint density at radius 2 is 1.56 bits per heavy atom. The number of piperidine rings is 1. The number of benzene rings is 3. The van der Waals surface area contributed by atoms with E-state index in [1.54, 1.807) is 23.1 Å². The van der Waals surface area contributed by atoms with Crippen molar-refractivity contribution in [2.75, 3.05) is 20.1 Å². The number of carbonyl (C=O) groups excluding carboxylic acids is 1. The number of amides is 1. The van der Waals surface area contributed by atoms with E-state index in [0.29, 0.717) is 48.0 Å². The molecule has 6 nitrogen and oxygen atoms in total. The number of carbonyl (C=O) groups is 1. The summed E-state index contributed by atoms with van der Waals surface area (Å²) >= 11 is 6.71. The Kier molecular flexibility index (Phi) is 9.57. The van der Waals surface area contributed by atoms with Gasteiger partial charge >= 0.3 is 0 Å². The Hall–Kier alpha value is -2.20. The Bertz CT molecular complexity index is 1430. The summed E-state index contributed by atoms with van der Waals surface area (Å²) in [7, 11) is -1.84. The molecule has 3 aromatic carbocycles. The number of rotatable bonds is 8. The van der Waals surface area contributed by atoms with E-state index in [1.807, 2.05) is 20.9 Å². The van der Waals surface area contributed by atoms with Crippen LogP contribution in [0.3, 0.4) is 0 Å². The van der Waals surface area contributed by atoms with Crippen LogP contribution < -0.4 is 4.74 Å². The minimum Gasteiger partial charge on any atom is -0.488 e. The van der Waals surface area contributed by atoms with Crippen molar-refractivity contribution >= 4 is 47.8 Å². The summed E-state index contributed by atoms with van der Waals surface area (Å²) in [6.07, 6.45) is 0.996. The molecule has 1 heterocycles. The Morgan fingerprint density at radius 3 is 2.18 bits per heavy atom. The maximum atomic E-state index is 13.3. The highest BCUT2D eigenvalue weighted by atomic mass is 79.9. The molecule has 39 heavy (non-hydrogen) atoms. The van der Waals surface area contributed by atoms with E-state index in [2.05, 4.69) is 75.2 Å². The van der Waals surface area contributed by atoms with Crippen LogP contribution in [0, 0.1) is 26.7 Å². The van der Waals surface area contributed by atoms with Gasteiger partial charge in [0.2, 0.25) is 15.9 Å². The predicted octanol–water partition coefficient (Wildman–Crippen LogP) is 6.78. The first-order chi connectivity index (χ1) is 18.5. The first kappa shape index (κ1) is 29.8. The molecule has 0 N–H and O–H groups in total. The van der Waals surface area contributed by atoms with Crippen LogP contribution in [-0.2, 0) is 28.0 Å². The third-order valence-electron chi connectivity index (χ3n) is 7.13. The van der Waals surface area contributed by atoms with E-state index in [-0.39, 0.29) is 16.7 Å². The van der Waals surface area contributed by atoms with Gasteiger partial charge < -0.3 is 9.64 Å². The van der Waals surface area contributed by atoms with Crippen LogP contribution in [0.15, 0.2) is 68.4 Å². The molecule has 0 aromatic heterocycles. The van der Waals surface area contributed by atoms with Crippen LogP contribution in [0.1, 0.15) is 40.7 Å². The van der Waals surface area contributed by atoms with E-state index in [1.165, 1.54) is 9.87 Å². The third kappa shape index (κ3) is 7.12. The van der Waals surface area contributed by atoms with E-state index in [0.717, 1.165) is 28.0 Å². The number of nitrogens with zero attached hydrogens (tertiary/aromatic N) is 2. The van der Waals surface area contributed by atoms with Gasteiger partial charge in [0.15, 0.2) is 0 Å². The lowest BCUT2D eigenvalue weighted by atomic mass is 9.96. The summed E-state index contributed by atoms with van der Waals surface area (Å²) in [6, 6.07) is 17.6. The molecule has 1 amide bonds. The lowest BCUT2D eigenvalue weighted by molar-refractivity contribution is -0.135. The largest absolute Gasteiger partial charge is 0.488 e. The molecule has 0 saturated carbocycles. The molecular weight excluding hydrogens is 644 g/mol. The second kappa shape index (κ2) is 12.5. The van der Waals surface area contributed by atoms with Crippen molar-refractivity contribution in [2.24, 2.45) is 5.92 Å². The van der Waals surface area contributed by atoms with Crippen molar-refractivity contribution in [1.29, 1.82) is 0 Å². The molecule has 0 unspecified atom stereocenters. The van der Waals surface area contributed by atoms with Crippen molar-refractivity contribution in [2.45, 2.75) is 51.7 Å². The molecule has 1 aliphatic heterocycles. The number of hydrogen-bond acceptors (Lipinski definition) is 4. The van der Waals surface area contributed by atoms with Gasteiger partial charge in [0.1, 0.15) is 12.4 Å². The number of halogens is 2. The van der Waals surface area contributed by atoms with Crippen LogP contribution >= 0.6 is 31.9 Å². The Labute approximate surface area is 248 Å². The van der Waals surface area contributed by atoms with Crippen molar-refractivity contribution in [3.63, 3.8) is 0 Å². The lowest BCUT2D eigenvalue weighted by Gasteiger charge is -2.33. The first-order valence-corrected chi connectivity index (χ1v) is 16.0. The zero-order valence-electron chi connectivity index (χ0n) is 22.7. The minimum absolute atomic E-state index is 0.0469. The maximum absolute atomic E-state index is 13.3. The summed E-state index contributed by atoms with van der Waals surface area (Å²) in [5, 5.41) is 0. The van der Waals surface area contributed by atoms with E-state index in [4.69, 9.17) is 4.74 Å². The van der Waals surface area contributed by atoms with Gasteiger partial charge in [-0.15, -0.1) is 0 Å². The van der Waals surface area contributed by atoms with Crippen molar-refractivity contribution < 1.29 is 17.9 Å². The van der Waals surface area contributed by atoms with E-state index < -0.39 is 10.0 Å². The summed E-state index contributed by atoms with van der Waals surface area (Å²) in [6.45, 7) is 7.75. The average Bonchev–Trinajstić information content (AvgIpc) is 2.90. The van der Waals surface area contributed by atoms with Crippen LogP contribution in [-0.4, -0.2) is 43.7 Å². The lowest BCUT2D eigenvalue weighted by Crippen LogP contribution is -2.43. The monoisotopic (exact) mass is 676 g/mol. The van der Waals surface area contributed by atoms with E-state index in [9.17, 15) is 13.2 Å². The van der Waals surface area contributed by atoms with Crippen LogP contribution in [0.5, 0.6) is 5.75 Å². The van der Waals surface area contributed by atoms with Crippen molar-refractivity contribution in [1.82, 2.24) is 9.21 Å². The van der Waals surface area contributed by atoms with Gasteiger partial charge in [0.25, 0.3) is 0 Å². The van der Waals surface area contributed by atoms with Crippen molar-refractivity contribution in [3.8, 4) is 5.75 Å². The molecule has 1 aliphatic rings. The van der Waals surface area contributed by atoms with Gasteiger partial charge in [0.05, 0.1) is 4.90 Å². The molecule has 3 aromatic rings. The molecule has 0 aliphatic carbocycles. The summed E-state index contributed by atoms with van der Waals surface area (Å²) in [4.78, 5) is 15.3. The fraction of sp³-hybridized carbons (Fsp3) is 0.367. The smallest absolute Gasteiger partial charge is 0.244 e.